The van der Waals surface area contributed by atoms with Crippen molar-refractivity contribution in [2.24, 2.45) is 0 Å². The maximum Gasteiger partial charge on any atom is 0.279 e. The van der Waals surface area contributed by atoms with Crippen LogP contribution in [0.5, 0.6) is 0 Å². The normalized spacial score (nSPS) is 13.7. The highest BCUT2D eigenvalue weighted by Gasteiger charge is 2.20. The molecule has 1 rings (SSSR count). The number of nitrogens with zero attached hydrogens (tertiary/aromatic N) is 1. The van der Waals surface area contributed by atoms with Crippen LogP contribution in [0.15, 0.2) is 28.7 Å². The molecule has 0 fully saturated rings. The maximum atomic E-state index is 12.0. The van der Waals surface area contributed by atoms with Crippen LogP contribution in [0.1, 0.15) is 24.9 Å². The predicted octanol–water partition coefficient (Wildman–Crippen LogP) is 1.66. The Kier molecular flexibility index (Phi) is 6.41. The van der Waals surface area contributed by atoms with Gasteiger partial charge in [-0.2, -0.15) is 17.4 Å². The van der Waals surface area contributed by atoms with E-state index in [0.29, 0.717) is 6.42 Å². The van der Waals surface area contributed by atoms with Crippen molar-refractivity contribution in [1.82, 2.24) is 9.03 Å². The molecule has 108 valence electrons. The number of aliphatic hydroxyl groups is 1. The van der Waals surface area contributed by atoms with Crippen molar-refractivity contribution in [2.75, 3.05) is 20.2 Å². The minimum atomic E-state index is -3.54. The second-order valence-corrected chi connectivity index (χ2v) is 7.02. The van der Waals surface area contributed by atoms with Gasteiger partial charge in [0.1, 0.15) is 0 Å². The molecule has 0 aromatic heterocycles. The van der Waals surface area contributed by atoms with Crippen molar-refractivity contribution >= 4 is 26.1 Å². The zero-order chi connectivity index (χ0) is 14.5. The number of nitrogens with one attached hydrogen (secondary N) is 1. The third-order valence-electron chi connectivity index (χ3n) is 2.72. The molecule has 7 heteroatoms. The summed E-state index contributed by atoms with van der Waals surface area (Å²) in [4.78, 5) is 0. The molecular formula is C12H19BrN2O3S. The minimum absolute atomic E-state index is 0.0267. The van der Waals surface area contributed by atoms with E-state index in [1.807, 2.05) is 24.3 Å². The first-order valence-electron chi connectivity index (χ1n) is 5.96. The van der Waals surface area contributed by atoms with E-state index in [-0.39, 0.29) is 19.2 Å². The Bertz CT molecular complexity index is 507. The lowest BCUT2D eigenvalue weighted by Crippen LogP contribution is -2.40. The van der Waals surface area contributed by atoms with Gasteiger partial charge in [-0.3, -0.25) is 0 Å². The summed E-state index contributed by atoms with van der Waals surface area (Å²) in [5.74, 6) is 0. The van der Waals surface area contributed by atoms with Crippen LogP contribution in [0.3, 0.4) is 0 Å². The number of hydrogen-bond donors (Lipinski definition) is 2. The zero-order valence-corrected chi connectivity index (χ0v) is 13.4. The van der Waals surface area contributed by atoms with E-state index in [1.165, 1.54) is 11.4 Å². The molecule has 5 nitrogen and oxygen atoms in total. The Labute approximate surface area is 122 Å². The molecule has 1 atom stereocenters. The molecule has 0 amide bonds. The van der Waals surface area contributed by atoms with Gasteiger partial charge in [-0.15, -0.1) is 0 Å². The summed E-state index contributed by atoms with van der Waals surface area (Å²) in [7, 11) is -2.04. The molecule has 1 aromatic rings. The summed E-state index contributed by atoms with van der Waals surface area (Å²) >= 11 is 3.36. The van der Waals surface area contributed by atoms with Crippen LogP contribution in [-0.4, -0.2) is 38.0 Å². The van der Waals surface area contributed by atoms with Crippen LogP contribution in [0, 0.1) is 0 Å². The fourth-order valence-electron chi connectivity index (χ4n) is 1.57. The van der Waals surface area contributed by atoms with Crippen molar-refractivity contribution in [1.29, 1.82) is 0 Å². The Balaban J connectivity index is 2.72. The molecule has 19 heavy (non-hydrogen) atoms. The van der Waals surface area contributed by atoms with Crippen molar-refractivity contribution < 1.29 is 13.5 Å². The summed E-state index contributed by atoms with van der Waals surface area (Å²) in [5.41, 5.74) is 0.883. The van der Waals surface area contributed by atoms with Gasteiger partial charge in [-0.05, 0) is 31.0 Å². The van der Waals surface area contributed by atoms with Crippen LogP contribution >= 0.6 is 15.9 Å². The topological polar surface area (TPSA) is 69.6 Å². The Morgan fingerprint density at radius 1 is 1.47 bits per heavy atom. The van der Waals surface area contributed by atoms with Gasteiger partial charge < -0.3 is 5.11 Å². The van der Waals surface area contributed by atoms with Gasteiger partial charge in [0.15, 0.2) is 0 Å². The van der Waals surface area contributed by atoms with Crippen molar-refractivity contribution in [3.05, 3.63) is 34.3 Å². The van der Waals surface area contributed by atoms with E-state index in [1.54, 1.807) is 6.92 Å². The summed E-state index contributed by atoms with van der Waals surface area (Å²) in [6.45, 7) is 2.05. The second kappa shape index (κ2) is 7.35. The van der Waals surface area contributed by atoms with Crippen LogP contribution in [0.4, 0.5) is 0 Å². The van der Waals surface area contributed by atoms with Gasteiger partial charge in [0.05, 0.1) is 0 Å². The van der Waals surface area contributed by atoms with Gasteiger partial charge in [-0.1, -0.05) is 28.1 Å². The lowest BCUT2D eigenvalue weighted by atomic mass is 10.1. The molecule has 1 unspecified atom stereocenters. The molecule has 1 aromatic carbocycles. The molecule has 2 N–H and O–H groups in total. The lowest BCUT2D eigenvalue weighted by molar-refractivity contribution is 0.275. The highest BCUT2D eigenvalue weighted by atomic mass is 79.9. The van der Waals surface area contributed by atoms with Crippen LogP contribution in [0.25, 0.3) is 0 Å². The second-order valence-electron chi connectivity index (χ2n) is 4.30. The first-order chi connectivity index (χ1) is 8.86. The van der Waals surface area contributed by atoms with E-state index in [2.05, 4.69) is 20.7 Å². The van der Waals surface area contributed by atoms with Crippen molar-refractivity contribution in [3.63, 3.8) is 0 Å². The SMILES string of the molecule is CC(NS(=O)(=O)N(C)CCCO)c1cccc(Br)c1. The van der Waals surface area contributed by atoms with Gasteiger partial charge in [-0.25, -0.2) is 0 Å². The van der Waals surface area contributed by atoms with Gasteiger partial charge >= 0.3 is 0 Å². The highest BCUT2D eigenvalue weighted by Crippen LogP contribution is 2.18. The Morgan fingerprint density at radius 2 is 2.16 bits per heavy atom. The fraction of sp³-hybridized carbons (Fsp3) is 0.500. The largest absolute Gasteiger partial charge is 0.396 e. The van der Waals surface area contributed by atoms with Crippen molar-refractivity contribution in [3.8, 4) is 0 Å². The quantitative estimate of drug-likeness (QED) is 0.785. The van der Waals surface area contributed by atoms with Crippen LogP contribution in [0.2, 0.25) is 0 Å². The van der Waals surface area contributed by atoms with E-state index in [9.17, 15) is 8.42 Å². The van der Waals surface area contributed by atoms with Crippen LogP contribution < -0.4 is 4.72 Å². The average molecular weight is 351 g/mol. The first-order valence-corrected chi connectivity index (χ1v) is 8.20. The monoisotopic (exact) mass is 350 g/mol. The number of benzene rings is 1. The number of rotatable bonds is 7. The summed E-state index contributed by atoms with van der Waals surface area (Å²) in [5, 5.41) is 8.72. The summed E-state index contributed by atoms with van der Waals surface area (Å²) in [6.07, 6.45) is 0.419. The molecule has 0 radical (unpaired) electrons. The molecular weight excluding hydrogens is 332 g/mol. The molecule has 0 aliphatic heterocycles. The van der Waals surface area contributed by atoms with Crippen molar-refractivity contribution in [2.45, 2.75) is 19.4 Å². The average Bonchev–Trinajstić information content (AvgIpc) is 2.35. The third-order valence-corrected chi connectivity index (χ3v) is 4.86. The van der Waals surface area contributed by atoms with E-state index < -0.39 is 10.2 Å². The van der Waals surface area contributed by atoms with Gasteiger partial charge in [0, 0.05) is 30.7 Å². The smallest absolute Gasteiger partial charge is 0.279 e. The number of aliphatic hydroxyl groups excluding tert-OH is 1. The van der Waals surface area contributed by atoms with Gasteiger partial charge in [0.2, 0.25) is 0 Å². The molecule has 0 saturated carbocycles. The first kappa shape index (κ1) is 16.6. The van der Waals surface area contributed by atoms with E-state index in [4.69, 9.17) is 5.11 Å². The third kappa shape index (κ3) is 5.19. The van der Waals surface area contributed by atoms with E-state index >= 15 is 0 Å². The molecule has 0 spiro atoms. The fourth-order valence-corrected chi connectivity index (χ4v) is 3.12. The summed E-state index contributed by atoms with van der Waals surface area (Å²) in [6, 6.07) is 7.17. The number of hydrogen-bond acceptors (Lipinski definition) is 3. The molecule has 0 bridgehead atoms. The molecule has 0 aliphatic rings. The van der Waals surface area contributed by atoms with Crippen LogP contribution in [-0.2, 0) is 10.2 Å². The van der Waals surface area contributed by atoms with E-state index in [0.717, 1.165) is 10.0 Å². The maximum absolute atomic E-state index is 12.0. The Hall–Kier alpha value is -0.470. The number of halogens is 1. The van der Waals surface area contributed by atoms with Gasteiger partial charge in [0.25, 0.3) is 10.2 Å². The zero-order valence-electron chi connectivity index (χ0n) is 11.0. The minimum Gasteiger partial charge on any atom is -0.396 e. The molecule has 0 aliphatic carbocycles. The standard InChI is InChI=1S/C12H19BrN2O3S/c1-10(11-5-3-6-12(13)9-11)14-19(17,18)15(2)7-4-8-16/h3,5-6,9-10,14,16H,4,7-8H2,1-2H3. The highest BCUT2D eigenvalue weighted by molar-refractivity contribution is 9.10. The molecule has 0 saturated heterocycles. The summed E-state index contributed by atoms with van der Waals surface area (Å²) < 4.78 is 28.8. The predicted molar refractivity (Wildman–Crippen MR) is 78.9 cm³/mol. The lowest BCUT2D eigenvalue weighted by Gasteiger charge is -2.21. The Morgan fingerprint density at radius 3 is 2.74 bits per heavy atom. The molecule has 0 heterocycles.